The fourth-order valence-electron chi connectivity index (χ4n) is 6.10. The molecule has 200 valence electrons. The molecule has 0 aliphatic carbocycles. The van der Waals surface area contributed by atoms with E-state index in [0.29, 0.717) is 0 Å². The van der Waals surface area contributed by atoms with Gasteiger partial charge in [-0.25, -0.2) is 0 Å². The highest BCUT2D eigenvalue weighted by Crippen LogP contribution is 2.49. The second-order valence-electron chi connectivity index (χ2n) is 11.7. The van der Waals surface area contributed by atoms with Crippen molar-refractivity contribution in [3.8, 4) is 11.5 Å². The summed E-state index contributed by atoms with van der Waals surface area (Å²) in [6.07, 6.45) is 22.8. The smallest absolute Gasteiger partial charge is 0.197 e. The number of hydrogen-bond donors (Lipinski definition) is 0. The van der Waals surface area contributed by atoms with E-state index in [9.17, 15) is 0 Å². The maximum Gasteiger partial charge on any atom is 0.197 e. The molecule has 2 aliphatic heterocycles. The van der Waals surface area contributed by atoms with E-state index in [1.807, 2.05) is 6.92 Å². The van der Waals surface area contributed by atoms with Crippen LogP contribution in [0.3, 0.4) is 0 Å². The third-order valence-electron chi connectivity index (χ3n) is 8.49. The van der Waals surface area contributed by atoms with Crippen LogP contribution in [-0.4, -0.2) is 11.9 Å². The zero-order valence-corrected chi connectivity index (χ0v) is 23.9. The highest BCUT2D eigenvalue weighted by Gasteiger charge is 2.38. The van der Waals surface area contributed by atoms with E-state index in [4.69, 9.17) is 14.2 Å². The Morgan fingerprint density at radius 1 is 0.743 bits per heavy atom. The first-order chi connectivity index (χ1) is 16.9. The Kier molecular flexibility index (Phi) is 11.3. The Bertz CT molecular complexity index is 786. The van der Waals surface area contributed by atoms with Crippen molar-refractivity contribution in [2.45, 2.75) is 169 Å². The van der Waals surface area contributed by atoms with Gasteiger partial charge in [0.1, 0.15) is 17.1 Å². The number of ether oxygens (including phenoxy) is 3. The first kappa shape index (κ1) is 28.4. The lowest BCUT2D eigenvalue weighted by Crippen LogP contribution is -2.38. The summed E-state index contributed by atoms with van der Waals surface area (Å²) in [5.41, 5.74) is 4.94. The van der Waals surface area contributed by atoms with Crippen LogP contribution < -0.4 is 9.47 Å². The van der Waals surface area contributed by atoms with Gasteiger partial charge in [0.25, 0.3) is 0 Å². The predicted octanol–water partition coefficient (Wildman–Crippen LogP) is 10.1. The van der Waals surface area contributed by atoms with E-state index in [-0.39, 0.29) is 18.0 Å². The average Bonchev–Trinajstić information content (AvgIpc) is 2.82. The molecular weight excluding hydrogens is 432 g/mol. The van der Waals surface area contributed by atoms with Gasteiger partial charge in [0.05, 0.1) is 6.10 Å². The van der Waals surface area contributed by atoms with E-state index >= 15 is 0 Å². The van der Waals surface area contributed by atoms with E-state index in [2.05, 4.69) is 34.6 Å². The van der Waals surface area contributed by atoms with Crippen LogP contribution in [0.25, 0.3) is 0 Å². The molecule has 0 bridgehead atoms. The molecule has 3 atom stereocenters. The summed E-state index contributed by atoms with van der Waals surface area (Å²) >= 11 is 0. The van der Waals surface area contributed by atoms with Crippen LogP contribution in [0.5, 0.6) is 11.5 Å². The molecule has 0 fully saturated rings. The zero-order chi connectivity index (χ0) is 25.3. The third kappa shape index (κ3) is 7.88. The van der Waals surface area contributed by atoms with E-state index < -0.39 is 0 Å². The number of fused-ring (bicyclic) bond motifs is 3. The molecule has 35 heavy (non-hydrogen) atoms. The van der Waals surface area contributed by atoms with Crippen molar-refractivity contribution in [1.82, 2.24) is 0 Å². The molecule has 0 spiro atoms. The van der Waals surface area contributed by atoms with Crippen molar-refractivity contribution < 1.29 is 14.2 Å². The maximum absolute atomic E-state index is 6.77. The molecule has 0 radical (unpaired) electrons. The molecule has 1 unspecified atom stereocenters. The highest BCUT2D eigenvalue weighted by atomic mass is 16.7. The number of unbranched alkanes of at least 4 members (excludes halogenated alkanes) is 13. The fraction of sp³-hybridized carbons (Fsp3) is 0.812. The van der Waals surface area contributed by atoms with Crippen LogP contribution in [0.4, 0.5) is 0 Å². The normalized spacial score (nSPS) is 23.4. The molecule has 0 N–H and O–H groups in total. The Morgan fingerprint density at radius 3 is 1.83 bits per heavy atom. The van der Waals surface area contributed by atoms with Crippen LogP contribution in [0.2, 0.25) is 0 Å². The number of hydrogen-bond acceptors (Lipinski definition) is 3. The summed E-state index contributed by atoms with van der Waals surface area (Å²) < 4.78 is 18.9. The van der Waals surface area contributed by atoms with Crippen molar-refractivity contribution in [2.24, 2.45) is 0 Å². The van der Waals surface area contributed by atoms with E-state index in [0.717, 1.165) is 30.8 Å². The molecular formula is C32H54O3. The molecule has 2 heterocycles. The van der Waals surface area contributed by atoms with E-state index in [1.54, 1.807) is 0 Å². The summed E-state index contributed by atoms with van der Waals surface area (Å²) in [6.45, 7) is 13.1. The molecule has 3 heteroatoms. The van der Waals surface area contributed by atoms with Crippen molar-refractivity contribution in [3.63, 3.8) is 0 Å². The number of benzene rings is 1. The second-order valence-corrected chi connectivity index (χ2v) is 11.7. The second kappa shape index (κ2) is 13.9. The molecule has 2 aliphatic rings. The molecule has 3 nitrogen and oxygen atoms in total. The van der Waals surface area contributed by atoms with Gasteiger partial charge in [0, 0.05) is 11.1 Å². The standard InChI is InChI=1S/C32H54O3/c1-7-8-9-10-11-12-13-14-15-16-17-18-19-20-22-32(6)23-21-28-29-26(4)33-27(5)34-31(29)25(3)24(2)30(28)35-32/h26-27H,7-23H2,1-6H3/t26-,27-,32?/m0/s1. The van der Waals surface area contributed by atoms with Gasteiger partial charge in [0.2, 0.25) is 0 Å². The summed E-state index contributed by atoms with van der Waals surface area (Å²) in [5.74, 6) is 2.14. The summed E-state index contributed by atoms with van der Waals surface area (Å²) in [4.78, 5) is 0. The first-order valence-electron chi connectivity index (χ1n) is 15.0. The van der Waals surface area contributed by atoms with Gasteiger partial charge in [-0.3, -0.25) is 0 Å². The average molecular weight is 487 g/mol. The SMILES string of the molecule is CCCCCCCCCCCCCCCCC1(C)CCc2c(c(C)c(C)c3c2[C@H](C)O[C@H](C)O3)O1. The lowest BCUT2D eigenvalue weighted by atomic mass is 9.83. The van der Waals surface area contributed by atoms with Gasteiger partial charge >= 0.3 is 0 Å². The first-order valence-corrected chi connectivity index (χ1v) is 15.0. The summed E-state index contributed by atoms with van der Waals surface area (Å²) in [6, 6.07) is 0. The van der Waals surface area contributed by atoms with Gasteiger partial charge in [-0.05, 0) is 71.4 Å². The fourth-order valence-corrected chi connectivity index (χ4v) is 6.10. The van der Waals surface area contributed by atoms with Gasteiger partial charge in [0.15, 0.2) is 6.29 Å². The van der Waals surface area contributed by atoms with Crippen molar-refractivity contribution in [2.75, 3.05) is 0 Å². The lowest BCUT2D eigenvalue weighted by Gasteiger charge is -2.41. The minimum atomic E-state index is -0.191. The molecule has 0 aromatic heterocycles. The third-order valence-corrected chi connectivity index (χ3v) is 8.49. The Labute approximate surface area is 216 Å². The lowest BCUT2D eigenvalue weighted by molar-refractivity contribution is -0.124. The van der Waals surface area contributed by atoms with Crippen LogP contribution in [-0.2, 0) is 11.2 Å². The van der Waals surface area contributed by atoms with Gasteiger partial charge in [-0.15, -0.1) is 0 Å². The summed E-state index contributed by atoms with van der Waals surface area (Å²) in [7, 11) is 0. The minimum Gasteiger partial charge on any atom is -0.487 e. The molecule has 0 saturated carbocycles. The van der Waals surface area contributed by atoms with Crippen LogP contribution >= 0.6 is 0 Å². The molecule has 0 amide bonds. The van der Waals surface area contributed by atoms with E-state index in [1.165, 1.54) is 112 Å². The molecule has 0 saturated heterocycles. The quantitative estimate of drug-likeness (QED) is 0.231. The van der Waals surface area contributed by atoms with Crippen LogP contribution in [0, 0.1) is 13.8 Å². The maximum atomic E-state index is 6.77. The van der Waals surface area contributed by atoms with Gasteiger partial charge < -0.3 is 14.2 Å². The van der Waals surface area contributed by atoms with Crippen molar-refractivity contribution in [1.29, 1.82) is 0 Å². The molecule has 3 rings (SSSR count). The minimum absolute atomic E-state index is 0.0531. The molecule has 1 aromatic carbocycles. The van der Waals surface area contributed by atoms with Gasteiger partial charge in [-0.1, -0.05) is 90.4 Å². The topological polar surface area (TPSA) is 27.7 Å². The monoisotopic (exact) mass is 486 g/mol. The number of rotatable bonds is 15. The van der Waals surface area contributed by atoms with Crippen molar-refractivity contribution in [3.05, 3.63) is 22.3 Å². The van der Waals surface area contributed by atoms with Crippen LogP contribution in [0.1, 0.15) is 159 Å². The van der Waals surface area contributed by atoms with Crippen LogP contribution in [0.15, 0.2) is 0 Å². The molecule has 1 aromatic rings. The Hall–Kier alpha value is -1.22. The Morgan fingerprint density at radius 2 is 1.26 bits per heavy atom. The van der Waals surface area contributed by atoms with Crippen molar-refractivity contribution >= 4 is 0 Å². The zero-order valence-electron chi connectivity index (χ0n) is 23.9. The van der Waals surface area contributed by atoms with Gasteiger partial charge in [-0.2, -0.15) is 0 Å². The highest BCUT2D eigenvalue weighted by molar-refractivity contribution is 5.60. The Balaban J connectivity index is 1.35. The predicted molar refractivity (Wildman–Crippen MR) is 148 cm³/mol. The summed E-state index contributed by atoms with van der Waals surface area (Å²) in [5, 5.41) is 0. The largest absolute Gasteiger partial charge is 0.487 e.